The molecule has 0 spiro atoms. The summed E-state index contributed by atoms with van der Waals surface area (Å²) >= 11 is 0. The molecule has 6 nitrogen and oxygen atoms in total. The first kappa shape index (κ1) is 13.6. The predicted molar refractivity (Wildman–Crippen MR) is 66.4 cm³/mol. The lowest BCUT2D eigenvalue weighted by Crippen LogP contribution is -2.21. The highest BCUT2D eigenvalue weighted by atomic mass is 32.2. The second-order valence-electron chi connectivity index (χ2n) is 4.08. The Morgan fingerprint density at radius 2 is 2.00 bits per heavy atom. The number of carboxylic acids is 1. The molecule has 1 aliphatic rings. The minimum absolute atomic E-state index is 0.0129. The molecule has 1 aliphatic heterocycles. The first-order chi connectivity index (χ1) is 8.80. The number of carbonyl (C=O) groups is 1. The molecule has 1 aromatic carbocycles. The average Bonchev–Trinajstić information content (AvgIpc) is 2.56. The molecule has 19 heavy (non-hydrogen) atoms. The van der Waals surface area contributed by atoms with E-state index in [0.717, 1.165) is 0 Å². The second-order valence-corrected chi connectivity index (χ2v) is 6.14. The van der Waals surface area contributed by atoms with Crippen molar-refractivity contribution < 1.29 is 28.2 Å². The van der Waals surface area contributed by atoms with E-state index in [-0.39, 0.29) is 20.9 Å². The van der Waals surface area contributed by atoms with Gasteiger partial charge >= 0.3 is 5.97 Å². The third-order valence-corrected chi connectivity index (χ3v) is 5.02. The molecule has 0 saturated heterocycles. The molecule has 0 saturated carbocycles. The van der Waals surface area contributed by atoms with E-state index in [4.69, 9.17) is 9.84 Å². The van der Waals surface area contributed by atoms with Crippen LogP contribution < -0.4 is 4.74 Å². The van der Waals surface area contributed by atoms with E-state index in [0.29, 0.717) is 5.75 Å². The SMILES string of the molecule is COc1ccc2c(c1)C(C(O)C(=O)O)=C(C)S2(=O)=O. The third kappa shape index (κ3) is 1.91. The maximum atomic E-state index is 12.1. The van der Waals surface area contributed by atoms with Gasteiger partial charge in [-0.05, 0) is 25.1 Å². The molecule has 102 valence electrons. The van der Waals surface area contributed by atoms with Crippen LogP contribution in [0, 0.1) is 0 Å². The number of aliphatic hydroxyl groups excluding tert-OH is 1. The maximum absolute atomic E-state index is 12.1. The number of benzene rings is 1. The Morgan fingerprint density at radius 3 is 2.53 bits per heavy atom. The van der Waals surface area contributed by atoms with Crippen molar-refractivity contribution in [3.63, 3.8) is 0 Å². The summed E-state index contributed by atoms with van der Waals surface area (Å²) in [7, 11) is -2.32. The number of hydrogen-bond acceptors (Lipinski definition) is 5. The van der Waals surface area contributed by atoms with E-state index in [2.05, 4.69) is 0 Å². The van der Waals surface area contributed by atoms with Crippen molar-refractivity contribution in [1.29, 1.82) is 0 Å². The topological polar surface area (TPSA) is 101 Å². The van der Waals surface area contributed by atoms with E-state index in [1.165, 1.54) is 32.2 Å². The van der Waals surface area contributed by atoms with Crippen LogP contribution in [-0.2, 0) is 14.6 Å². The summed E-state index contributed by atoms with van der Waals surface area (Å²) in [6.07, 6.45) is -1.89. The van der Waals surface area contributed by atoms with Gasteiger partial charge in [-0.3, -0.25) is 0 Å². The summed E-state index contributed by atoms with van der Waals surface area (Å²) in [6.45, 7) is 1.28. The number of fused-ring (bicyclic) bond motifs is 1. The van der Waals surface area contributed by atoms with Crippen LogP contribution in [0.4, 0.5) is 0 Å². The Bertz CT molecular complexity index is 686. The molecule has 1 aromatic rings. The lowest BCUT2D eigenvalue weighted by molar-refractivity contribution is -0.143. The van der Waals surface area contributed by atoms with E-state index in [1.54, 1.807) is 0 Å². The third-order valence-electron chi connectivity index (χ3n) is 3.06. The summed E-state index contributed by atoms with van der Waals surface area (Å²) < 4.78 is 29.2. The van der Waals surface area contributed by atoms with Gasteiger partial charge in [-0.1, -0.05) is 0 Å². The molecular weight excluding hydrogens is 272 g/mol. The highest BCUT2D eigenvalue weighted by molar-refractivity contribution is 7.95. The molecule has 2 rings (SSSR count). The van der Waals surface area contributed by atoms with Crippen molar-refractivity contribution in [3.8, 4) is 5.75 Å². The Balaban J connectivity index is 2.75. The highest BCUT2D eigenvalue weighted by Gasteiger charge is 2.38. The van der Waals surface area contributed by atoms with Crippen LogP contribution in [0.15, 0.2) is 28.0 Å². The quantitative estimate of drug-likeness (QED) is 0.845. The molecule has 0 fully saturated rings. The number of methoxy groups -OCH3 is 1. The molecule has 0 bridgehead atoms. The van der Waals surface area contributed by atoms with Crippen LogP contribution in [0.1, 0.15) is 12.5 Å². The van der Waals surface area contributed by atoms with Crippen LogP contribution in [-0.4, -0.2) is 37.8 Å². The molecule has 1 atom stereocenters. The zero-order valence-electron chi connectivity index (χ0n) is 10.2. The maximum Gasteiger partial charge on any atom is 0.337 e. The van der Waals surface area contributed by atoms with Gasteiger partial charge in [0, 0.05) is 11.1 Å². The van der Waals surface area contributed by atoms with Gasteiger partial charge in [0.2, 0.25) is 9.84 Å². The number of aliphatic carboxylic acids is 1. The largest absolute Gasteiger partial charge is 0.497 e. The number of sulfone groups is 1. The number of ether oxygens (including phenoxy) is 1. The highest BCUT2D eigenvalue weighted by Crippen LogP contribution is 2.42. The van der Waals surface area contributed by atoms with Gasteiger partial charge in [-0.15, -0.1) is 0 Å². The van der Waals surface area contributed by atoms with E-state index in [9.17, 15) is 18.3 Å². The Hall–Kier alpha value is -1.86. The van der Waals surface area contributed by atoms with Crippen LogP contribution in [0.5, 0.6) is 5.75 Å². The standard InChI is InChI=1S/C12H12O6S/c1-6-10(11(13)12(14)15)8-5-7(18-2)3-4-9(8)19(6,16)17/h3-5,11,13H,1-2H3,(H,14,15). The van der Waals surface area contributed by atoms with E-state index < -0.39 is 21.9 Å². The van der Waals surface area contributed by atoms with Crippen LogP contribution >= 0.6 is 0 Å². The average molecular weight is 284 g/mol. The molecule has 0 radical (unpaired) electrons. The van der Waals surface area contributed by atoms with Crippen LogP contribution in [0.3, 0.4) is 0 Å². The molecule has 0 amide bonds. The Labute approximate surface area is 109 Å². The number of rotatable bonds is 3. The van der Waals surface area contributed by atoms with E-state index >= 15 is 0 Å². The number of allylic oxidation sites excluding steroid dienone is 1. The molecule has 2 N–H and O–H groups in total. The van der Waals surface area contributed by atoms with Gasteiger partial charge in [0.05, 0.1) is 16.9 Å². The minimum Gasteiger partial charge on any atom is -0.497 e. The monoisotopic (exact) mass is 284 g/mol. The molecule has 7 heteroatoms. The fraction of sp³-hybridized carbons (Fsp3) is 0.250. The fourth-order valence-corrected chi connectivity index (χ4v) is 3.59. The Morgan fingerprint density at radius 1 is 1.37 bits per heavy atom. The van der Waals surface area contributed by atoms with Gasteiger partial charge in [0.1, 0.15) is 5.75 Å². The lowest BCUT2D eigenvalue weighted by Gasteiger charge is -2.10. The van der Waals surface area contributed by atoms with Crippen molar-refractivity contribution in [2.24, 2.45) is 0 Å². The fourth-order valence-electron chi connectivity index (χ4n) is 2.04. The normalized spacial score (nSPS) is 18.1. The lowest BCUT2D eigenvalue weighted by atomic mass is 10.0. The van der Waals surface area contributed by atoms with Gasteiger partial charge in [-0.2, -0.15) is 0 Å². The second kappa shape index (κ2) is 4.36. The summed E-state index contributed by atoms with van der Waals surface area (Å²) in [6, 6.07) is 4.22. The van der Waals surface area contributed by atoms with Gasteiger partial charge in [0.25, 0.3) is 0 Å². The zero-order chi connectivity index (χ0) is 14.4. The summed E-state index contributed by atoms with van der Waals surface area (Å²) in [5, 5.41) is 18.5. The smallest absolute Gasteiger partial charge is 0.337 e. The van der Waals surface area contributed by atoms with Crippen LogP contribution in [0.25, 0.3) is 5.57 Å². The molecular formula is C12H12O6S. The predicted octanol–water partition coefficient (Wildman–Crippen LogP) is 0.659. The zero-order valence-corrected chi connectivity index (χ0v) is 11.1. The van der Waals surface area contributed by atoms with Crippen molar-refractivity contribution in [2.75, 3.05) is 7.11 Å². The molecule has 0 aliphatic carbocycles. The van der Waals surface area contributed by atoms with Crippen molar-refractivity contribution in [2.45, 2.75) is 17.9 Å². The first-order valence-electron chi connectivity index (χ1n) is 5.36. The number of aliphatic hydroxyl groups is 1. The molecule has 1 unspecified atom stereocenters. The summed E-state index contributed by atoms with van der Waals surface area (Å²) in [5.74, 6) is -1.11. The van der Waals surface area contributed by atoms with Crippen molar-refractivity contribution >= 4 is 21.4 Å². The number of carboxylic acid groups (broad SMARTS) is 1. The first-order valence-corrected chi connectivity index (χ1v) is 6.84. The summed E-state index contributed by atoms with van der Waals surface area (Å²) in [4.78, 5) is 10.7. The molecule has 0 aromatic heterocycles. The van der Waals surface area contributed by atoms with Crippen molar-refractivity contribution in [1.82, 2.24) is 0 Å². The van der Waals surface area contributed by atoms with Gasteiger partial charge in [-0.25, -0.2) is 13.2 Å². The minimum atomic E-state index is -3.74. The number of hydrogen-bond donors (Lipinski definition) is 2. The summed E-state index contributed by atoms with van der Waals surface area (Å²) in [5.41, 5.74) is 0.0631. The molecule has 1 heterocycles. The van der Waals surface area contributed by atoms with Gasteiger partial charge in [0.15, 0.2) is 6.10 Å². The Kier molecular flexibility index (Phi) is 3.11. The van der Waals surface area contributed by atoms with Crippen LogP contribution in [0.2, 0.25) is 0 Å². The van der Waals surface area contributed by atoms with E-state index in [1.807, 2.05) is 0 Å². The van der Waals surface area contributed by atoms with Crippen molar-refractivity contribution in [3.05, 3.63) is 28.7 Å². The van der Waals surface area contributed by atoms with Gasteiger partial charge < -0.3 is 14.9 Å².